The van der Waals surface area contributed by atoms with Gasteiger partial charge >= 0.3 is 6.09 Å². The highest BCUT2D eigenvalue weighted by Crippen LogP contribution is 2.43. The highest BCUT2D eigenvalue weighted by molar-refractivity contribution is 7.92. The Morgan fingerprint density at radius 3 is 1.98 bits per heavy atom. The Morgan fingerprint density at radius 1 is 0.828 bits per heavy atom. The van der Waals surface area contributed by atoms with Crippen LogP contribution in [0.25, 0.3) is 33.5 Å². The molecule has 0 aliphatic carbocycles. The number of amides is 1. The van der Waals surface area contributed by atoms with E-state index >= 15 is 8.42 Å². The Hall–Kier alpha value is -7.07. The summed E-state index contributed by atoms with van der Waals surface area (Å²) >= 11 is 0. The van der Waals surface area contributed by atoms with Gasteiger partial charge in [-0.05, 0) is 82.4 Å². The molecule has 21 heteroatoms. The summed E-state index contributed by atoms with van der Waals surface area (Å²) in [6.07, 6.45) is -1.05. The number of nitrogens with two attached hydrogens (primary N) is 1. The van der Waals surface area contributed by atoms with E-state index < -0.39 is 42.0 Å². The second-order valence-electron chi connectivity index (χ2n) is 14.9. The van der Waals surface area contributed by atoms with Crippen molar-refractivity contribution < 1.29 is 40.9 Å². The van der Waals surface area contributed by atoms with Gasteiger partial charge in [0.15, 0.2) is 5.95 Å². The molecule has 5 aromatic carbocycles. The van der Waals surface area contributed by atoms with Crippen LogP contribution in [0.15, 0.2) is 113 Å². The van der Waals surface area contributed by atoms with Gasteiger partial charge in [-0.3, -0.25) is 0 Å². The standard InChI is InChI=1S/C43H44N10O9S2/c1-60-31-13-7-27(8-14-31)23-52(24-28-9-15-32(61-2)16-10-28)64(58,59)40-37(63(56,57)49-30-21-22-51(26-30)43(54)55)20-19-34(35-5-4-6-36-39(35)46-42(44)45-36)38(40)41-47-50-53(48-41)25-29-11-17-33(62-3)18-12-29/h4-20,30,49H,21-26H2,1-3H3,(H,54,55)(H3,44,45,46)/t30-/m1/s1. The van der Waals surface area contributed by atoms with E-state index in [1.165, 1.54) is 35.5 Å². The molecule has 7 aromatic rings. The van der Waals surface area contributed by atoms with Crippen LogP contribution in [0.4, 0.5) is 10.7 Å². The van der Waals surface area contributed by atoms with E-state index in [4.69, 9.17) is 25.0 Å². The summed E-state index contributed by atoms with van der Waals surface area (Å²) < 4.78 is 81.5. The van der Waals surface area contributed by atoms with Crippen LogP contribution in [-0.4, -0.2) is 108 Å². The van der Waals surface area contributed by atoms with Gasteiger partial charge in [-0.15, -0.1) is 10.2 Å². The number of aromatic nitrogens is 6. The number of methoxy groups -OCH3 is 3. The maximum Gasteiger partial charge on any atom is 0.407 e. The summed E-state index contributed by atoms with van der Waals surface area (Å²) in [7, 11) is -5.13. The molecule has 332 valence electrons. The van der Waals surface area contributed by atoms with Crippen LogP contribution in [-0.2, 0) is 39.7 Å². The fourth-order valence-electron chi connectivity index (χ4n) is 7.59. The molecule has 0 saturated carbocycles. The average molecular weight is 909 g/mol. The number of H-pyrrole nitrogens is 1. The summed E-state index contributed by atoms with van der Waals surface area (Å²) in [4.78, 5) is 20.5. The van der Waals surface area contributed by atoms with Crippen LogP contribution in [0.5, 0.6) is 17.2 Å². The zero-order valence-corrected chi connectivity index (χ0v) is 36.5. The number of aromatic amines is 1. The van der Waals surface area contributed by atoms with E-state index in [-0.39, 0.29) is 62.0 Å². The van der Waals surface area contributed by atoms with Crippen LogP contribution in [0, 0.1) is 0 Å². The number of nitrogens with one attached hydrogen (secondary N) is 2. The minimum absolute atomic E-state index is 0.0768. The van der Waals surface area contributed by atoms with Crippen molar-refractivity contribution in [1.82, 2.24) is 44.1 Å². The van der Waals surface area contributed by atoms with E-state index in [0.29, 0.717) is 45.0 Å². The lowest BCUT2D eigenvalue weighted by atomic mass is 9.98. The monoisotopic (exact) mass is 908 g/mol. The summed E-state index contributed by atoms with van der Waals surface area (Å²) in [5, 5.41) is 23.1. The number of likely N-dealkylation sites (tertiary alicyclic amines) is 1. The molecule has 0 radical (unpaired) electrons. The first kappa shape index (κ1) is 43.6. The van der Waals surface area contributed by atoms with E-state index in [1.54, 1.807) is 86.0 Å². The van der Waals surface area contributed by atoms with Gasteiger partial charge in [-0.2, -0.15) is 9.10 Å². The van der Waals surface area contributed by atoms with E-state index in [1.807, 2.05) is 12.1 Å². The van der Waals surface area contributed by atoms with Crippen molar-refractivity contribution in [3.8, 4) is 39.8 Å². The SMILES string of the molecule is COc1ccc(CN(Cc2ccc(OC)cc2)S(=O)(=O)c2c(S(=O)(=O)N[C@@H]3CCN(C(=O)O)C3)ccc(-c3cccc4[nH]c(N)nc34)c2-c2nnn(Cc3ccc(OC)cc3)n2)cc1. The van der Waals surface area contributed by atoms with Crippen molar-refractivity contribution in [2.75, 3.05) is 40.2 Å². The van der Waals surface area contributed by atoms with Gasteiger partial charge in [0.25, 0.3) is 0 Å². The number of tetrazole rings is 1. The van der Waals surface area contributed by atoms with Crippen LogP contribution in [0.3, 0.4) is 0 Å². The summed E-state index contributed by atoms with van der Waals surface area (Å²) in [6.45, 7) is -0.384. The summed E-state index contributed by atoms with van der Waals surface area (Å²) in [6, 6.07) is 27.8. The number of carboxylic acid groups (broad SMARTS) is 1. The molecule has 0 unspecified atom stereocenters. The fraction of sp³-hybridized carbons (Fsp3) is 0.233. The molecule has 64 heavy (non-hydrogen) atoms. The van der Waals surface area contributed by atoms with Crippen molar-refractivity contribution in [2.45, 2.75) is 41.9 Å². The summed E-state index contributed by atoms with van der Waals surface area (Å²) in [5.41, 5.74) is 9.37. The second kappa shape index (κ2) is 18.0. The maximum atomic E-state index is 16.0. The molecular weight excluding hydrogens is 865 g/mol. The van der Waals surface area contributed by atoms with E-state index in [2.05, 4.69) is 25.0 Å². The molecule has 3 heterocycles. The Balaban J connectivity index is 1.38. The van der Waals surface area contributed by atoms with Gasteiger partial charge in [-0.25, -0.2) is 31.3 Å². The van der Waals surface area contributed by atoms with Gasteiger partial charge in [0.2, 0.25) is 25.9 Å². The van der Waals surface area contributed by atoms with Crippen molar-refractivity contribution in [3.63, 3.8) is 0 Å². The summed E-state index contributed by atoms with van der Waals surface area (Å²) in [5.74, 6) is 1.63. The van der Waals surface area contributed by atoms with E-state index in [9.17, 15) is 18.3 Å². The fourth-order valence-corrected chi connectivity index (χ4v) is 11.3. The van der Waals surface area contributed by atoms with Crippen LogP contribution >= 0.6 is 0 Å². The van der Waals surface area contributed by atoms with Crippen molar-refractivity contribution in [1.29, 1.82) is 0 Å². The average Bonchev–Trinajstić information content (AvgIpc) is 4.06. The number of fused-ring (bicyclic) bond motifs is 1. The Morgan fingerprint density at radius 2 is 1.42 bits per heavy atom. The number of hydrogen-bond acceptors (Lipinski definition) is 13. The topological polar surface area (TPSA) is 250 Å². The molecule has 1 saturated heterocycles. The molecule has 5 N–H and O–H groups in total. The number of sulfonamides is 2. The molecule has 1 aliphatic rings. The highest BCUT2D eigenvalue weighted by atomic mass is 32.2. The number of imidazole rings is 1. The number of para-hydroxylation sites is 1. The second-order valence-corrected chi connectivity index (χ2v) is 18.5. The first-order valence-corrected chi connectivity index (χ1v) is 22.8. The molecule has 0 bridgehead atoms. The number of nitrogens with zero attached hydrogens (tertiary/aromatic N) is 7. The van der Waals surface area contributed by atoms with Gasteiger partial charge in [0.05, 0.1) is 44.5 Å². The third kappa shape index (κ3) is 9.04. The lowest BCUT2D eigenvalue weighted by molar-refractivity contribution is 0.155. The van der Waals surface area contributed by atoms with Crippen molar-refractivity contribution in [2.24, 2.45) is 0 Å². The van der Waals surface area contributed by atoms with Crippen LogP contribution in [0.2, 0.25) is 0 Å². The van der Waals surface area contributed by atoms with Gasteiger partial charge in [-0.1, -0.05) is 54.6 Å². The largest absolute Gasteiger partial charge is 0.497 e. The normalized spacial score (nSPS) is 14.3. The molecular formula is C43H44N10O9S2. The molecule has 1 amide bonds. The third-order valence-electron chi connectivity index (χ3n) is 10.8. The zero-order valence-electron chi connectivity index (χ0n) is 34.9. The van der Waals surface area contributed by atoms with Gasteiger partial charge in [0.1, 0.15) is 27.0 Å². The predicted molar refractivity (Wildman–Crippen MR) is 236 cm³/mol. The van der Waals surface area contributed by atoms with Crippen molar-refractivity contribution in [3.05, 3.63) is 120 Å². The maximum absolute atomic E-state index is 16.0. The first-order valence-electron chi connectivity index (χ1n) is 19.8. The minimum Gasteiger partial charge on any atom is -0.497 e. The Bertz CT molecular complexity index is 2980. The lowest BCUT2D eigenvalue weighted by Crippen LogP contribution is -2.39. The van der Waals surface area contributed by atoms with Gasteiger partial charge < -0.3 is 34.9 Å². The number of anilines is 1. The van der Waals surface area contributed by atoms with Crippen LogP contribution in [0.1, 0.15) is 23.1 Å². The first-order chi connectivity index (χ1) is 30.8. The zero-order chi connectivity index (χ0) is 45.2. The van der Waals surface area contributed by atoms with Gasteiger partial charge in [0, 0.05) is 37.8 Å². The van der Waals surface area contributed by atoms with Crippen molar-refractivity contribution >= 4 is 43.1 Å². The molecule has 1 fully saturated rings. The quantitative estimate of drug-likeness (QED) is 0.100. The molecule has 1 aliphatic heterocycles. The number of benzene rings is 5. The molecule has 0 spiro atoms. The number of ether oxygens (including phenoxy) is 3. The molecule has 8 rings (SSSR count). The van der Waals surface area contributed by atoms with Crippen LogP contribution < -0.4 is 24.7 Å². The third-order valence-corrected chi connectivity index (χ3v) is 14.4. The number of hydrogen-bond donors (Lipinski definition) is 4. The number of rotatable bonds is 16. The number of carbonyl (C=O) groups is 1. The predicted octanol–water partition coefficient (Wildman–Crippen LogP) is 4.96. The highest BCUT2D eigenvalue weighted by Gasteiger charge is 2.40. The minimum atomic E-state index is -4.95. The smallest absolute Gasteiger partial charge is 0.407 e. The lowest BCUT2D eigenvalue weighted by Gasteiger charge is -2.26. The van der Waals surface area contributed by atoms with E-state index in [0.717, 1.165) is 10.5 Å². The molecule has 2 aromatic heterocycles. The Labute approximate surface area is 368 Å². The number of nitrogen functional groups attached to an aromatic ring is 1. The molecule has 19 nitrogen and oxygen atoms in total. The Kier molecular flexibility index (Phi) is 12.2. The molecule has 1 atom stereocenters.